The molecule has 1 saturated carbocycles. The SMILES string of the molecule is Cn1nc(N2CCC(=O)NC2=O)c2cccc(C#CCOC3CCN(CC4CCC(n5cc(NC(=O)c6cnn7ccc(N8C[C@H]9C[C@@H]8CO9)nc67)c(C(F)F)n5)CC4)CC3)c21. The molecule has 5 fully saturated rings. The summed E-state index contributed by atoms with van der Waals surface area (Å²) >= 11 is 0. The smallest absolute Gasteiger partial charge is 0.329 e. The van der Waals surface area contributed by atoms with Gasteiger partial charge in [0.1, 0.15) is 18.0 Å². The molecule has 4 aromatic heterocycles. The van der Waals surface area contributed by atoms with Crippen LogP contribution in [0.4, 0.5) is 30.9 Å². The molecule has 62 heavy (non-hydrogen) atoms. The Kier molecular flexibility index (Phi) is 10.8. The summed E-state index contributed by atoms with van der Waals surface area (Å²) in [4.78, 5) is 48.6. The predicted molar refractivity (Wildman–Crippen MR) is 223 cm³/mol. The molecular formula is C43H48F2N12O5. The van der Waals surface area contributed by atoms with Gasteiger partial charge in [-0.15, -0.1) is 0 Å². The van der Waals surface area contributed by atoms with E-state index in [2.05, 4.69) is 47.6 Å². The maximum absolute atomic E-state index is 14.3. The minimum Gasteiger partial charge on any atom is -0.374 e. The van der Waals surface area contributed by atoms with E-state index in [1.54, 1.807) is 21.8 Å². The van der Waals surface area contributed by atoms with Crippen LogP contribution in [0.5, 0.6) is 0 Å². The standard InChI is InChI=1S/C43H48F2N12O5/c1-52-38-27(4-2-6-32(38)41(51-52)54-17-14-36(58)49-43(54)60)5-3-19-61-30-11-15-53(16-12-30)22-26-7-9-28(10-8-26)57-24-34(37(50-57)39(44)45)47-42(59)33-21-46-56-18-13-35(48-40(33)56)55-23-31-20-29(55)25-62-31/h2,4,6,13,18,21,24,26,28-31,39H,7-12,14-17,19-20,22-23,25H2,1H3,(H,47,59)(H,49,58,60)/t26?,28?,29-,31-/m1/s1. The predicted octanol–water partition coefficient (Wildman–Crippen LogP) is 4.69. The fourth-order valence-corrected chi connectivity index (χ4v) is 9.79. The number of alkyl halides is 2. The van der Waals surface area contributed by atoms with E-state index < -0.39 is 24.1 Å². The minimum absolute atomic E-state index is 0.00234. The van der Waals surface area contributed by atoms with Crippen LogP contribution in [0.1, 0.15) is 85.4 Å². The molecule has 2 atom stereocenters. The Labute approximate surface area is 355 Å². The number of nitrogens with one attached hydrogen (secondary N) is 2. The van der Waals surface area contributed by atoms with E-state index >= 15 is 0 Å². The highest BCUT2D eigenvalue weighted by Crippen LogP contribution is 2.37. The number of hydrogen-bond acceptors (Lipinski definition) is 11. The lowest BCUT2D eigenvalue weighted by atomic mass is 9.85. The average Bonchev–Trinajstić information content (AvgIpc) is 4.13. The monoisotopic (exact) mass is 850 g/mol. The molecule has 0 radical (unpaired) electrons. The Bertz CT molecular complexity index is 2580. The number of likely N-dealkylation sites (tertiary alicyclic amines) is 1. The number of imide groups is 1. The van der Waals surface area contributed by atoms with Crippen LogP contribution in [0.25, 0.3) is 16.6 Å². The average molecular weight is 851 g/mol. The Hall–Kier alpha value is -5.97. The van der Waals surface area contributed by atoms with Gasteiger partial charge in [-0.05, 0) is 69.1 Å². The first-order valence-corrected chi connectivity index (χ1v) is 21.5. The third kappa shape index (κ3) is 7.86. The number of carbonyl (C=O) groups excluding carboxylic acids is 3. The topological polar surface area (TPSA) is 169 Å². The number of piperidine rings is 1. The Morgan fingerprint density at radius 1 is 1.06 bits per heavy atom. The number of anilines is 3. The highest BCUT2D eigenvalue weighted by molar-refractivity contribution is 6.09. The highest BCUT2D eigenvalue weighted by Gasteiger charge is 2.40. The first-order valence-electron chi connectivity index (χ1n) is 21.5. The van der Waals surface area contributed by atoms with Crippen LogP contribution in [0.3, 0.4) is 0 Å². The van der Waals surface area contributed by atoms with Crippen LogP contribution in [-0.2, 0) is 21.3 Å². The van der Waals surface area contributed by atoms with E-state index in [0.717, 1.165) is 93.4 Å². The highest BCUT2D eigenvalue weighted by atomic mass is 19.3. The number of aryl methyl sites for hydroxylation is 1. The van der Waals surface area contributed by atoms with Crippen molar-refractivity contribution in [1.82, 2.24) is 44.4 Å². The molecule has 1 aliphatic carbocycles. The zero-order valence-electron chi connectivity index (χ0n) is 34.4. The molecule has 1 aromatic carbocycles. The minimum atomic E-state index is -2.86. The lowest BCUT2D eigenvalue weighted by Gasteiger charge is -2.36. The van der Waals surface area contributed by atoms with Crippen molar-refractivity contribution in [2.24, 2.45) is 13.0 Å². The molecule has 4 saturated heterocycles. The lowest BCUT2D eigenvalue weighted by molar-refractivity contribution is -0.120. The zero-order chi connectivity index (χ0) is 42.5. The van der Waals surface area contributed by atoms with Crippen molar-refractivity contribution in [3.05, 3.63) is 59.7 Å². The summed E-state index contributed by atoms with van der Waals surface area (Å²) in [5.74, 6) is 7.27. The summed E-state index contributed by atoms with van der Waals surface area (Å²) in [5.41, 5.74) is 1.70. The van der Waals surface area contributed by atoms with E-state index in [-0.39, 0.29) is 54.4 Å². The van der Waals surface area contributed by atoms with Gasteiger partial charge in [-0.1, -0.05) is 17.9 Å². The number of carbonyl (C=O) groups is 3. The van der Waals surface area contributed by atoms with Crippen molar-refractivity contribution in [3.8, 4) is 11.8 Å². The van der Waals surface area contributed by atoms with Crippen molar-refractivity contribution in [2.75, 3.05) is 61.1 Å². The Balaban J connectivity index is 0.695. The molecule has 324 valence electrons. The molecule has 2 N–H and O–H groups in total. The van der Waals surface area contributed by atoms with E-state index in [0.29, 0.717) is 30.6 Å². The van der Waals surface area contributed by atoms with Crippen LogP contribution >= 0.6 is 0 Å². The molecule has 17 nitrogen and oxygen atoms in total. The number of halogens is 2. The number of amides is 4. The van der Waals surface area contributed by atoms with E-state index in [4.69, 9.17) is 14.5 Å². The van der Waals surface area contributed by atoms with Crippen LogP contribution in [-0.4, -0.2) is 121 Å². The van der Waals surface area contributed by atoms with Crippen molar-refractivity contribution in [1.29, 1.82) is 0 Å². The molecule has 5 aromatic rings. The molecule has 19 heteroatoms. The fraction of sp³-hybridized carbons (Fsp3) is 0.512. The van der Waals surface area contributed by atoms with Crippen molar-refractivity contribution in [2.45, 2.75) is 82.1 Å². The van der Waals surface area contributed by atoms with Gasteiger partial charge in [0.25, 0.3) is 12.3 Å². The zero-order valence-corrected chi connectivity index (χ0v) is 34.4. The molecule has 0 unspecified atom stereocenters. The number of benzene rings is 1. The van der Waals surface area contributed by atoms with Gasteiger partial charge in [0, 0.05) is 64.0 Å². The molecule has 8 heterocycles. The number of para-hydroxylation sites is 1. The van der Waals surface area contributed by atoms with Gasteiger partial charge in [-0.3, -0.25) is 29.2 Å². The number of fused-ring (bicyclic) bond motifs is 4. The second kappa shape index (κ2) is 16.7. The number of rotatable bonds is 10. The summed E-state index contributed by atoms with van der Waals surface area (Å²) < 4.78 is 45.3. The molecule has 10 rings (SSSR count). The largest absolute Gasteiger partial charge is 0.374 e. The van der Waals surface area contributed by atoms with Gasteiger partial charge in [-0.2, -0.15) is 15.3 Å². The van der Waals surface area contributed by atoms with Gasteiger partial charge >= 0.3 is 6.03 Å². The first kappa shape index (κ1) is 40.1. The number of morpholine rings is 1. The first-order chi connectivity index (χ1) is 30.1. The van der Waals surface area contributed by atoms with Crippen LogP contribution < -0.4 is 20.4 Å². The molecule has 0 spiro atoms. The van der Waals surface area contributed by atoms with Gasteiger partial charge in [0.15, 0.2) is 17.2 Å². The number of urea groups is 1. The summed E-state index contributed by atoms with van der Waals surface area (Å²) in [6.07, 6.45) is 8.70. The Morgan fingerprint density at radius 3 is 2.66 bits per heavy atom. The molecule has 4 aliphatic heterocycles. The van der Waals surface area contributed by atoms with Crippen LogP contribution in [0, 0.1) is 17.8 Å². The summed E-state index contributed by atoms with van der Waals surface area (Å²) in [6, 6.07) is 7.31. The number of ether oxygens (including phenoxy) is 2. The number of aromatic nitrogens is 7. The van der Waals surface area contributed by atoms with E-state index in [1.807, 2.05) is 31.3 Å². The van der Waals surface area contributed by atoms with Gasteiger partial charge in [-0.25, -0.2) is 23.1 Å². The molecule has 5 aliphatic rings. The van der Waals surface area contributed by atoms with Crippen molar-refractivity contribution in [3.63, 3.8) is 0 Å². The second-order valence-electron chi connectivity index (χ2n) is 17.0. The Morgan fingerprint density at radius 2 is 1.90 bits per heavy atom. The van der Waals surface area contributed by atoms with Crippen LogP contribution in [0.2, 0.25) is 0 Å². The van der Waals surface area contributed by atoms with Gasteiger partial charge < -0.3 is 24.6 Å². The maximum atomic E-state index is 14.3. The van der Waals surface area contributed by atoms with Gasteiger partial charge in [0.05, 0.1) is 53.9 Å². The summed E-state index contributed by atoms with van der Waals surface area (Å²) in [7, 11) is 1.82. The molecule has 4 amide bonds. The number of nitrogens with zero attached hydrogens (tertiary/aromatic N) is 10. The quantitative estimate of drug-likeness (QED) is 0.187. The third-order valence-electron chi connectivity index (χ3n) is 13.0. The van der Waals surface area contributed by atoms with Crippen LogP contribution in [0.15, 0.2) is 42.9 Å². The number of hydrogen-bond donors (Lipinski definition) is 2. The molecular weight excluding hydrogens is 803 g/mol. The van der Waals surface area contributed by atoms with Crippen molar-refractivity contribution < 1.29 is 32.6 Å². The second-order valence-corrected chi connectivity index (χ2v) is 17.0. The fourth-order valence-electron chi connectivity index (χ4n) is 9.79. The van der Waals surface area contributed by atoms with E-state index in [1.165, 1.54) is 15.6 Å². The summed E-state index contributed by atoms with van der Waals surface area (Å²) in [5, 5.41) is 19.0. The summed E-state index contributed by atoms with van der Waals surface area (Å²) in [6.45, 7) is 4.80. The van der Waals surface area contributed by atoms with Gasteiger partial charge in [0.2, 0.25) is 5.91 Å². The lowest BCUT2D eigenvalue weighted by Crippen LogP contribution is -2.49. The normalized spacial score (nSPS) is 23.4. The van der Waals surface area contributed by atoms with E-state index in [9.17, 15) is 23.2 Å². The third-order valence-corrected chi connectivity index (χ3v) is 13.0. The maximum Gasteiger partial charge on any atom is 0.329 e. The van der Waals surface area contributed by atoms with Crippen molar-refractivity contribution >= 4 is 51.7 Å². The molecule has 2 bridgehead atoms.